The molecule has 0 aliphatic carbocycles. The predicted molar refractivity (Wildman–Crippen MR) is 63.2 cm³/mol. The van der Waals surface area contributed by atoms with Crippen LogP contribution in [0.3, 0.4) is 0 Å². The monoisotopic (exact) mass is 199 g/mol. The summed E-state index contributed by atoms with van der Waals surface area (Å²) in [6.45, 7) is 11.1. The second-order valence-electron chi connectivity index (χ2n) is 4.17. The van der Waals surface area contributed by atoms with Crippen LogP contribution < -0.4 is 5.32 Å². The Balaban J connectivity index is 3.49. The fourth-order valence-corrected chi connectivity index (χ4v) is 1.18. The van der Waals surface area contributed by atoms with Crippen LogP contribution in [0.2, 0.25) is 0 Å². The van der Waals surface area contributed by atoms with Crippen LogP contribution in [0.25, 0.3) is 0 Å². The highest BCUT2D eigenvalue weighted by Gasteiger charge is 2.02. The van der Waals surface area contributed by atoms with Gasteiger partial charge in [0.25, 0.3) is 0 Å². The van der Waals surface area contributed by atoms with E-state index in [9.17, 15) is 0 Å². The third kappa shape index (κ3) is 8.23. The van der Waals surface area contributed by atoms with Crippen LogP contribution in [-0.2, 0) is 0 Å². The first-order chi connectivity index (χ1) is 6.56. The first kappa shape index (κ1) is 13.6. The fourth-order valence-electron chi connectivity index (χ4n) is 1.18. The van der Waals surface area contributed by atoms with Gasteiger partial charge >= 0.3 is 0 Å². The zero-order valence-corrected chi connectivity index (χ0v) is 10.1. The van der Waals surface area contributed by atoms with Gasteiger partial charge in [-0.25, -0.2) is 0 Å². The molecule has 14 heavy (non-hydrogen) atoms. The van der Waals surface area contributed by atoms with E-state index in [4.69, 9.17) is 0 Å². The van der Waals surface area contributed by atoms with Crippen molar-refractivity contribution in [3.8, 4) is 0 Å². The lowest BCUT2D eigenvalue weighted by Crippen LogP contribution is -2.41. The van der Waals surface area contributed by atoms with E-state index in [2.05, 4.69) is 49.6 Å². The minimum atomic E-state index is 0.552. The average Bonchev–Trinajstić information content (AvgIpc) is 2.11. The minimum Gasteiger partial charge on any atom is -0.302 e. The zero-order valence-electron chi connectivity index (χ0n) is 10.1. The molecule has 0 aromatic rings. The van der Waals surface area contributed by atoms with Gasteiger partial charge in [0, 0.05) is 19.3 Å². The second kappa shape index (κ2) is 7.97. The highest BCUT2D eigenvalue weighted by atomic mass is 15.3. The van der Waals surface area contributed by atoms with Crippen molar-refractivity contribution in [3.05, 3.63) is 12.7 Å². The third-order valence-corrected chi connectivity index (χ3v) is 1.97. The van der Waals surface area contributed by atoms with Gasteiger partial charge in [0.15, 0.2) is 0 Å². The maximum absolute atomic E-state index is 3.72. The third-order valence-electron chi connectivity index (χ3n) is 1.97. The van der Waals surface area contributed by atoms with E-state index >= 15 is 0 Å². The Morgan fingerprint density at radius 3 is 2.43 bits per heavy atom. The molecule has 84 valence electrons. The molecule has 3 heteroatoms. The first-order valence-corrected chi connectivity index (χ1v) is 5.27. The summed E-state index contributed by atoms with van der Waals surface area (Å²) in [7, 11) is 4.26. The lowest BCUT2D eigenvalue weighted by Gasteiger charge is -2.25. The summed E-state index contributed by atoms with van der Waals surface area (Å²) in [6.07, 6.45) is 3.02. The maximum atomic E-state index is 3.72. The molecule has 0 fully saturated rings. The highest BCUT2D eigenvalue weighted by Crippen LogP contribution is 1.90. The largest absolute Gasteiger partial charge is 0.302 e. The molecule has 0 aliphatic heterocycles. The summed E-state index contributed by atoms with van der Waals surface area (Å²) in [5.74, 6) is 0. The molecule has 0 unspecified atom stereocenters. The topological polar surface area (TPSA) is 18.5 Å². The van der Waals surface area contributed by atoms with E-state index in [1.165, 1.54) is 0 Å². The van der Waals surface area contributed by atoms with E-state index in [1.54, 1.807) is 0 Å². The van der Waals surface area contributed by atoms with Crippen molar-refractivity contribution in [1.82, 2.24) is 15.1 Å². The summed E-state index contributed by atoms with van der Waals surface area (Å²) < 4.78 is 0. The Morgan fingerprint density at radius 2 is 1.93 bits per heavy atom. The van der Waals surface area contributed by atoms with Crippen molar-refractivity contribution in [2.24, 2.45) is 0 Å². The van der Waals surface area contributed by atoms with Crippen molar-refractivity contribution in [2.45, 2.75) is 26.3 Å². The summed E-state index contributed by atoms with van der Waals surface area (Å²) in [5.41, 5.74) is 0. The molecule has 0 atom stereocenters. The SMILES string of the molecule is C=CCCN(C)CN(C)CNC(C)C. The van der Waals surface area contributed by atoms with Gasteiger partial charge in [-0.05, 0) is 34.4 Å². The highest BCUT2D eigenvalue weighted by molar-refractivity contribution is 4.68. The van der Waals surface area contributed by atoms with E-state index in [-0.39, 0.29) is 0 Å². The molecule has 0 saturated carbocycles. The Hall–Kier alpha value is -0.380. The van der Waals surface area contributed by atoms with Gasteiger partial charge < -0.3 is 5.32 Å². The van der Waals surface area contributed by atoms with Crippen molar-refractivity contribution < 1.29 is 0 Å². The number of nitrogens with zero attached hydrogens (tertiary/aromatic N) is 2. The Bertz CT molecular complexity index is 145. The van der Waals surface area contributed by atoms with Crippen LogP contribution in [0.4, 0.5) is 0 Å². The fraction of sp³-hybridized carbons (Fsp3) is 0.818. The van der Waals surface area contributed by atoms with Gasteiger partial charge in [0.05, 0.1) is 6.67 Å². The van der Waals surface area contributed by atoms with Crippen LogP contribution in [0, 0.1) is 0 Å². The van der Waals surface area contributed by atoms with E-state index < -0.39 is 0 Å². The van der Waals surface area contributed by atoms with Crippen LogP contribution in [0.15, 0.2) is 12.7 Å². The molecule has 1 N–H and O–H groups in total. The van der Waals surface area contributed by atoms with Crippen LogP contribution in [0.5, 0.6) is 0 Å². The number of nitrogens with one attached hydrogen (secondary N) is 1. The molecule has 0 radical (unpaired) electrons. The molecule has 0 heterocycles. The lowest BCUT2D eigenvalue weighted by molar-refractivity contribution is 0.171. The summed E-state index contributed by atoms with van der Waals surface area (Å²) in [6, 6.07) is 0.552. The van der Waals surface area contributed by atoms with Crippen LogP contribution in [-0.4, -0.2) is 49.8 Å². The Labute approximate surface area is 88.8 Å². The van der Waals surface area contributed by atoms with Crippen molar-refractivity contribution in [1.29, 1.82) is 0 Å². The molecule has 0 aromatic carbocycles. The van der Waals surface area contributed by atoms with Crippen molar-refractivity contribution in [2.75, 3.05) is 34.0 Å². The summed E-state index contributed by atoms with van der Waals surface area (Å²) in [4.78, 5) is 4.56. The molecule has 3 nitrogen and oxygen atoms in total. The van der Waals surface area contributed by atoms with E-state index in [1.807, 2.05) is 6.08 Å². The second-order valence-corrected chi connectivity index (χ2v) is 4.17. The molecule has 0 spiro atoms. The number of hydrogen-bond donors (Lipinski definition) is 1. The van der Waals surface area contributed by atoms with Gasteiger partial charge in [0.2, 0.25) is 0 Å². The van der Waals surface area contributed by atoms with Gasteiger partial charge in [-0.1, -0.05) is 6.08 Å². The standard InChI is InChI=1S/C11H25N3/c1-6-7-8-13(4)10-14(5)9-12-11(2)3/h6,11-12H,1,7-10H2,2-5H3. The smallest absolute Gasteiger partial charge is 0.0512 e. The lowest BCUT2D eigenvalue weighted by atomic mass is 10.4. The van der Waals surface area contributed by atoms with Gasteiger partial charge in [-0.2, -0.15) is 0 Å². The molecule has 0 bridgehead atoms. The van der Waals surface area contributed by atoms with Crippen molar-refractivity contribution in [3.63, 3.8) is 0 Å². The van der Waals surface area contributed by atoms with Crippen LogP contribution >= 0.6 is 0 Å². The van der Waals surface area contributed by atoms with E-state index in [0.29, 0.717) is 6.04 Å². The molecule has 0 aliphatic rings. The summed E-state index contributed by atoms with van der Waals surface area (Å²) in [5, 5.41) is 3.39. The predicted octanol–water partition coefficient (Wildman–Crippen LogP) is 1.34. The molecule has 0 aromatic heterocycles. The molecule has 0 rings (SSSR count). The summed E-state index contributed by atoms with van der Waals surface area (Å²) >= 11 is 0. The number of hydrogen-bond acceptors (Lipinski definition) is 3. The molecule has 0 saturated heterocycles. The van der Waals surface area contributed by atoms with Gasteiger partial charge in [-0.3, -0.25) is 9.80 Å². The van der Waals surface area contributed by atoms with Crippen LogP contribution in [0.1, 0.15) is 20.3 Å². The normalized spacial score (nSPS) is 11.6. The quantitative estimate of drug-likeness (QED) is 0.470. The van der Waals surface area contributed by atoms with Gasteiger partial charge in [0.1, 0.15) is 0 Å². The Kier molecular flexibility index (Phi) is 7.76. The maximum Gasteiger partial charge on any atom is 0.0512 e. The number of rotatable bonds is 8. The molecular weight excluding hydrogens is 174 g/mol. The Morgan fingerprint density at radius 1 is 1.29 bits per heavy atom. The molecular formula is C11H25N3. The first-order valence-electron chi connectivity index (χ1n) is 5.27. The van der Waals surface area contributed by atoms with E-state index in [0.717, 1.165) is 26.3 Å². The minimum absolute atomic E-state index is 0.552. The zero-order chi connectivity index (χ0) is 11.0. The van der Waals surface area contributed by atoms with Gasteiger partial charge in [-0.15, -0.1) is 6.58 Å². The average molecular weight is 199 g/mol. The molecule has 0 amide bonds. The van der Waals surface area contributed by atoms with Crippen molar-refractivity contribution >= 4 is 0 Å².